The molecule has 1 aromatic carbocycles. The predicted octanol–water partition coefficient (Wildman–Crippen LogP) is 3.06. The van der Waals surface area contributed by atoms with E-state index in [-0.39, 0.29) is 11.1 Å². The lowest BCUT2D eigenvalue weighted by atomic mass is 10.1. The molecule has 0 saturated carbocycles. The minimum Gasteiger partial charge on any atom is -0.337 e. The van der Waals surface area contributed by atoms with Gasteiger partial charge >= 0.3 is 6.18 Å². The van der Waals surface area contributed by atoms with Crippen molar-refractivity contribution in [2.45, 2.75) is 12.2 Å². The summed E-state index contributed by atoms with van der Waals surface area (Å²) in [6.07, 6.45) is 0.725. The van der Waals surface area contributed by atoms with Gasteiger partial charge in [-0.25, -0.2) is 0 Å². The van der Waals surface area contributed by atoms with Gasteiger partial charge in [0.05, 0.1) is 11.0 Å². The Morgan fingerprint density at radius 2 is 1.79 bits per heavy atom. The molecule has 1 N–H and O–H groups in total. The number of alkyl halides is 3. The molecule has 0 fully saturated rings. The van der Waals surface area contributed by atoms with Crippen LogP contribution >= 0.6 is 0 Å². The van der Waals surface area contributed by atoms with Crippen molar-refractivity contribution in [3.05, 3.63) is 66.2 Å². The third-order valence-electron chi connectivity index (χ3n) is 3.35. The summed E-state index contributed by atoms with van der Waals surface area (Å²) in [5.74, 6) is -0.853. The maximum absolute atomic E-state index is 13.3. The van der Waals surface area contributed by atoms with E-state index in [0.717, 1.165) is 6.20 Å². The Morgan fingerprint density at radius 3 is 2.46 bits per heavy atom. The molecule has 2 heterocycles. The molecule has 122 valence electrons. The first-order valence-electron chi connectivity index (χ1n) is 6.93. The number of pyridine rings is 1. The van der Waals surface area contributed by atoms with Gasteiger partial charge in [-0.3, -0.25) is 19.7 Å². The van der Waals surface area contributed by atoms with Crippen LogP contribution in [0.25, 0.3) is 11.0 Å². The highest BCUT2D eigenvalue weighted by atomic mass is 19.4. The van der Waals surface area contributed by atoms with Crippen molar-refractivity contribution in [3.8, 4) is 0 Å². The summed E-state index contributed by atoms with van der Waals surface area (Å²) >= 11 is 0. The van der Waals surface area contributed by atoms with E-state index in [9.17, 15) is 18.0 Å². The van der Waals surface area contributed by atoms with Crippen LogP contribution < -0.4 is 5.32 Å². The number of carbonyl (C=O) groups is 1. The zero-order valence-electron chi connectivity index (χ0n) is 12.2. The molecule has 8 heteroatoms. The van der Waals surface area contributed by atoms with Crippen molar-refractivity contribution in [2.24, 2.45) is 0 Å². The molecule has 1 atom stereocenters. The number of hydrogen-bond acceptors (Lipinski definition) is 4. The number of nitrogens with zero attached hydrogens (tertiary/aromatic N) is 3. The molecule has 5 nitrogen and oxygen atoms in total. The highest BCUT2D eigenvalue weighted by Gasteiger charge is 2.42. The lowest BCUT2D eigenvalue weighted by Gasteiger charge is -2.21. The van der Waals surface area contributed by atoms with Crippen LogP contribution in [0.3, 0.4) is 0 Å². The number of benzene rings is 1. The van der Waals surface area contributed by atoms with Crippen molar-refractivity contribution >= 4 is 16.9 Å². The summed E-state index contributed by atoms with van der Waals surface area (Å²) < 4.78 is 39.8. The van der Waals surface area contributed by atoms with E-state index >= 15 is 0 Å². The molecule has 24 heavy (non-hydrogen) atoms. The van der Waals surface area contributed by atoms with Gasteiger partial charge in [-0.1, -0.05) is 6.07 Å². The second-order valence-electron chi connectivity index (χ2n) is 4.99. The predicted molar refractivity (Wildman–Crippen MR) is 80.0 cm³/mol. The van der Waals surface area contributed by atoms with Crippen molar-refractivity contribution in [3.63, 3.8) is 0 Å². The normalized spacial score (nSPS) is 12.8. The fourth-order valence-electron chi connectivity index (χ4n) is 2.22. The van der Waals surface area contributed by atoms with Crippen LogP contribution in [0.2, 0.25) is 0 Å². The van der Waals surface area contributed by atoms with Gasteiger partial charge in [0.1, 0.15) is 0 Å². The van der Waals surface area contributed by atoms with E-state index < -0.39 is 18.1 Å². The molecule has 0 saturated heterocycles. The van der Waals surface area contributed by atoms with Crippen LogP contribution in [0.5, 0.6) is 0 Å². The standard InChI is InChI=1S/C16H11F3N4O/c17-16(18,19)14(11-2-1-5-20-9-11)23-15(24)10-3-4-12-13(8-10)22-7-6-21-12/h1-9,14H,(H,23,24). The summed E-state index contributed by atoms with van der Waals surface area (Å²) in [6, 6.07) is 4.83. The molecule has 0 aliphatic rings. The molecule has 0 aliphatic heterocycles. The number of nitrogens with one attached hydrogen (secondary N) is 1. The van der Waals surface area contributed by atoms with Crippen molar-refractivity contribution in [2.75, 3.05) is 0 Å². The van der Waals surface area contributed by atoms with E-state index in [1.54, 1.807) is 0 Å². The lowest BCUT2D eigenvalue weighted by molar-refractivity contribution is -0.155. The van der Waals surface area contributed by atoms with Gasteiger partial charge in [-0.2, -0.15) is 13.2 Å². The minimum atomic E-state index is -4.64. The lowest BCUT2D eigenvalue weighted by Crippen LogP contribution is -2.38. The number of aromatic nitrogens is 3. The van der Waals surface area contributed by atoms with Crippen LogP contribution in [0.15, 0.2) is 55.1 Å². The van der Waals surface area contributed by atoms with Crippen molar-refractivity contribution < 1.29 is 18.0 Å². The Kier molecular flexibility index (Phi) is 4.11. The molecule has 0 radical (unpaired) electrons. The largest absolute Gasteiger partial charge is 0.412 e. The first-order chi connectivity index (χ1) is 11.4. The molecule has 2 aromatic heterocycles. The Labute approximate surface area is 134 Å². The van der Waals surface area contributed by atoms with Gasteiger partial charge in [0, 0.05) is 35.9 Å². The first-order valence-corrected chi connectivity index (χ1v) is 6.93. The second-order valence-corrected chi connectivity index (χ2v) is 4.99. The average Bonchev–Trinajstić information content (AvgIpc) is 2.58. The highest BCUT2D eigenvalue weighted by Crippen LogP contribution is 2.32. The van der Waals surface area contributed by atoms with Gasteiger partial charge in [-0.05, 0) is 24.3 Å². The third kappa shape index (κ3) is 3.32. The molecule has 1 amide bonds. The number of carbonyl (C=O) groups excluding carboxylic acids is 1. The van der Waals surface area contributed by atoms with Gasteiger partial charge in [0.25, 0.3) is 5.91 Å². The van der Waals surface area contributed by atoms with E-state index in [1.807, 2.05) is 5.32 Å². The smallest absolute Gasteiger partial charge is 0.337 e. The number of amides is 1. The Morgan fingerprint density at radius 1 is 1.04 bits per heavy atom. The average molecular weight is 332 g/mol. The third-order valence-corrected chi connectivity index (χ3v) is 3.35. The summed E-state index contributed by atoms with van der Waals surface area (Å²) in [4.78, 5) is 24.0. The quantitative estimate of drug-likeness (QED) is 0.800. The molecular formula is C16H11F3N4O. The molecular weight excluding hydrogens is 321 g/mol. The highest BCUT2D eigenvalue weighted by molar-refractivity contribution is 5.97. The number of fused-ring (bicyclic) bond motifs is 1. The number of hydrogen-bond donors (Lipinski definition) is 1. The molecule has 1 unspecified atom stereocenters. The van der Waals surface area contributed by atoms with Crippen LogP contribution in [0, 0.1) is 0 Å². The fourth-order valence-corrected chi connectivity index (χ4v) is 2.22. The van der Waals surface area contributed by atoms with Crippen molar-refractivity contribution in [1.29, 1.82) is 0 Å². The Hall–Kier alpha value is -3.03. The van der Waals surface area contributed by atoms with Gasteiger partial charge in [0.2, 0.25) is 0 Å². The Balaban J connectivity index is 1.90. The topological polar surface area (TPSA) is 67.8 Å². The van der Waals surface area contributed by atoms with Crippen LogP contribution in [0.1, 0.15) is 22.0 Å². The molecule has 0 bridgehead atoms. The maximum atomic E-state index is 13.3. The SMILES string of the molecule is O=C(NC(c1cccnc1)C(F)(F)F)c1ccc2nccnc2c1. The van der Waals surface area contributed by atoms with E-state index in [2.05, 4.69) is 15.0 Å². The summed E-state index contributed by atoms with van der Waals surface area (Å²) in [6.45, 7) is 0. The minimum absolute atomic E-state index is 0.0705. The number of halogens is 3. The van der Waals surface area contributed by atoms with Crippen LogP contribution in [0.4, 0.5) is 13.2 Å². The van der Waals surface area contributed by atoms with Crippen LogP contribution in [-0.4, -0.2) is 27.0 Å². The summed E-state index contributed by atoms with van der Waals surface area (Å²) in [5, 5.41) is 2.00. The zero-order valence-corrected chi connectivity index (χ0v) is 12.2. The van der Waals surface area contributed by atoms with Gasteiger partial charge in [0.15, 0.2) is 6.04 Å². The first kappa shape index (κ1) is 15.9. The number of rotatable bonds is 3. The maximum Gasteiger partial charge on any atom is 0.412 e. The molecule has 0 aliphatic carbocycles. The van der Waals surface area contributed by atoms with Gasteiger partial charge in [-0.15, -0.1) is 0 Å². The fraction of sp³-hybridized carbons (Fsp3) is 0.125. The summed E-state index contributed by atoms with van der Waals surface area (Å²) in [5.41, 5.74) is 0.906. The van der Waals surface area contributed by atoms with E-state index in [4.69, 9.17) is 0 Å². The molecule has 3 aromatic rings. The van der Waals surface area contributed by atoms with E-state index in [0.29, 0.717) is 11.0 Å². The Bertz CT molecular complexity index is 868. The molecule has 3 rings (SSSR count). The van der Waals surface area contributed by atoms with E-state index in [1.165, 1.54) is 48.9 Å². The monoisotopic (exact) mass is 332 g/mol. The molecule has 0 spiro atoms. The van der Waals surface area contributed by atoms with Crippen LogP contribution in [-0.2, 0) is 0 Å². The zero-order chi connectivity index (χ0) is 17.2. The second kappa shape index (κ2) is 6.23. The summed E-state index contributed by atoms with van der Waals surface area (Å²) in [7, 11) is 0. The van der Waals surface area contributed by atoms with Gasteiger partial charge < -0.3 is 5.32 Å². The van der Waals surface area contributed by atoms with Crippen molar-refractivity contribution in [1.82, 2.24) is 20.3 Å².